The molecule has 1 aliphatic carbocycles. The molecular formula is C15H22BrNO3. The van der Waals surface area contributed by atoms with Crippen LogP contribution in [-0.4, -0.2) is 40.0 Å². The highest BCUT2D eigenvalue weighted by Crippen LogP contribution is 2.33. The van der Waals surface area contributed by atoms with E-state index in [0.717, 1.165) is 47.1 Å². The lowest BCUT2D eigenvalue weighted by molar-refractivity contribution is 0.138. The molecule has 5 heteroatoms. The Bertz CT molecular complexity index is 435. The third kappa shape index (κ3) is 4.65. The molecule has 1 saturated carbocycles. The first kappa shape index (κ1) is 15.6. The highest BCUT2D eigenvalue weighted by atomic mass is 79.9. The molecule has 0 bridgehead atoms. The standard InChI is InChI=1S/C15H22BrNO3/c1-18-14-9-11(13(16)10-15(14)19-2)5-7-20-8-6-17-12-3-4-12/h9-10,12,17H,3-8H2,1-2H3. The fraction of sp³-hybridized carbons (Fsp3) is 0.600. The van der Waals surface area contributed by atoms with Crippen molar-refractivity contribution >= 4 is 15.9 Å². The van der Waals surface area contributed by atoms with Gasteiger partial charge in [-0.25, -0.2) is 0 Å². The molecule has 1 aromatic rings. The molecule has 4 nitrogen and oxygen atoms in total. The van der Waals surface area contributed by atoms with Gasteiger partial charge in [0, 0.05) is 17.1 Å². The first-order valence-electron chi connectivity index (χ1n) is 6.96. The highest BCUT2D eigenvalue weighted by molar-refractivity contribution is 9.10. The van der Waals surface area contributed by atoms with Crippen LogP contribution in [0, 0.1) is 0 Å². The molecule has 1 aliphatic rings. The van der Waals surface area contributed by atoms with Crippen molar-refractivity contribution in [2.45, 2.75) is 25.3 Å². The summed E-state index contributed by atoms with van der Waals surface area (Å²) in [7, 11) is 3.29. The van der Waals surface area contributed by atoms with Crippen LogP contribution in [0.15, 0.2) is 16.6 Å². The fourth-order valence-corrected chi connectivity index (χ4v) is 2.52. The summed E-state index contributed by atoms with van der Waals surface area (Å²) < 4.78 is 17.2. The van der Waals surface area contributed by atoms with Gasteiger partial charge in [-0.3, -0.25) is 0 Å². The number of benzene rings is 1. The van der Waals surface area contributed by atoms with Gasteiger partial charge in [0.2, 0.25) is 0 Å². The Morgan fingerprint density at radius 3 is 2.50 bits per heavy atom. The molecule has 0 amide bonds. The second-order valence-electron chi connectivity index (χ2n) is 4.89. The minimum absolute atomic E-state index is 0.709. The Labute approximate surface area is 128 Å². The van der Waals surface area contributed by atoms with Crippen LogP contribution in [0.4, 0.5) is 0 Å². The zero-order valence-electron chi connectivity index (χ0n) is 12.1. The molecule has 1 aromatic carbocycles. The fourth-order valence-electron chi connectivity index (χ4n) is 1.99. The number of rotatable bonds is 9. The van der Waals surface area contributed by atoms with Crippen molar-refractivity contribution in [2.24, 2.45) is 0 Å². The Hall–Kier alpha value is -0.780. The lowest BCUT2D eigenvalue weighted by Gasteiger charge is -2.12. The number of halogens is 1. The average Bonchev–Trinajstić information content (AvgIpc) is 3.27. The molecule has 1 fully saturated rings. The van der Waals surface area contributed by atoms with E-state index in [1.165, 1.54) is 12.8 Å². The molecule has 0 unspecified atom stereocenters. The zero-order valence-corrected chi connectivity index (χ0v) is 13.7. The summed E-state index contributed by atoms with van der Waals surface area (Å²) in [5.41, 5.74) is 1.16. The summed E-state index contributed by atoms with van der Waals surface area (Å²) in [6.07, 6.45) is 3.49. The van der Waals surface area contributed by atoms with E-state index >= 15 is 0 Å². The van der Waals surface area contributed by atoms with Gasteiger partial charge in [0.15, 0.2) is 11.5 Å². The predicted molar refractivity (Wildman–Crippen MR) is 82.8 cm³/mol. The van der Waals surface area contributed by atoms with E-state index in [1.54, 1.807) is 14.2 Å². The van der Waals surface area contributed by atoms with Crippen LogP contribution < -0.4 is 14.8 Å². The number of hydrogen-bond donors (Lipinski definition) is 1. The summed E-state index contributed by atoms with van der Waals surface area (Å²) in [6, 6.07) is 4.68. The monoisotopic (exact) mass is 343 g/mol. The smallest absolute Gasteiger partial charge is 0.161 e. The van der Waals surface area contributed by atoms with Gasteiger partial charge in [-0.05, 0) is 37.0 Å². The molecule has 20 heavy (non-hydrogen) atoms. The first-order chi connectivity index (χ1) is 9.74. The van der Waals surface area contributed by atoms with Crippen LogP contribution in [0.2, 0.25) is 0 Å². The maximum atomic E-state index is 5.65. The molecule has 0 aromatic heterocycles. The van der Waals surface area contributed by atoms with Crippen molar-refractivity contribution in [3.05, 3.63) is 22.2 Å². The third-order valence-corrected chi connectivity index (χ3v) is 4.06. The van der Waals surface area contributed by atoms with Gasteiger partial charge in [0.25, 0.3) is 0 Å². The Balaban J connectivity index is 1.76. The van der Waals surface area contributed by atoms with Crippen LogP contribution in [0.25, 0.3) is 0 Å². The van der Waals surface area contributed by atoms with E-state index in [4.69, 9.17) is 14.2 Å². The van der Waals surface area contributed by atoms with Gasteiger partial charge in [0.05, 0.1) is 27.4 Å². The second-order valence-corrected chi connectivity index (χ2v) is 5.74. The molecule has 0 heterocycles. The quantitative estimate of drug-likeness (QED) is 0.700. The minimum atomic E-state index is 0.709. The summed E-state index contributed by atoms with van der Waals surface area (Å²) in [5.74, 6) is 1.48. The molecule has 0 saturated heterocycles. The average molecular weight is 344 g/mol. The van der Waals surface area contributed by atoms with Crippen molar-refractivity contribution in [1.82, 2.24) is 5.32 Å². The first-order valence-corrected chi connectivity index (χ1v) is 7.75. The largest absolute Gasteiger partial charge is 0.493 e. The summed E-state index contributed by atoms with van der Waals surface area (Å²) >= 11 is 3.56. The van der Waals surface area contributed by atoms with E-state index in [1.807, 2.05) is 12.1 Å². The van der Waals surface area contributed by atoms with E-state index in [-0.39, 0.29) is 0 Å². The van der Waals surface area contributed by atoms with Crippen molar-refractivity contribution in [1.29, 1.82) is 0 Å². The van der Waals surface area contributed by atoms with Gasteiger partial charge in [-0.1, -0.05) is 15.9 Å². The normalized spacial score (nSPS) is 14.3. The third-order valence-electron chi connectivity index (χ3n) is 3.33. The SMILES string of the molecule is COc1cc(Br)c(CCOCCNC2CC2)cc1OC. The number of methoxy groups -OCH3 is 2. The van der Waals surface area contributed by atoms with Crippen LogP contribution in [-0.2, 0) is 11.2 Å². The molecule has 0 radical (unpaired) electrons. The van der Waals surface area contributed by atoms with Crippen LogP contribution >= 0.6 is 15.9 Å². The number of hydrogen-bond acceptors (Lipinski definition) is 4. The van der Waals surface area contributed by atoms with Crippen molar-refractivity contribution < 1.29 is 14.2 Å². The molecule has 2 rings (SSSR count). The van der Waals surface area contributed by atoms with Crippen molar-refractivity contribution in [2.75, 3.05) is 34.0 Å². The van der Waals surface area contributed by atoms with E-state index in [9.17, 15) is 0 Å². The van der Waals surface area contributed by atoms with Crippen molar-refractivity contribution in [3.63, 3.8) is 0 Å². The van der Waals surface area contributed by atoms with E-state index in [0.29, 0.717) is 6.61 Å². The van der Waals surface area contributed by atoms with E-state index < -0.39 is 0 Å². The molecule has 112 valence electrons. The molecule has 0 atom stereocenters. The van der Waals surface area contributed by atoms with Crippen LogP contribution in [0.1, 0.15) is 18.4 Å². The predicted octanol–water partition coefficient (Wildman–Crippen LogP) is 2.78. The lowest BCUT2D eigenvalue weighted by Crippen LogP contribution is -2.22. The molecule has 0 spiro atoms. The van der Waals surface area contributed by atoms with E-state index in [2.05, 4.69) is 21.2 Å². The Kier molecular flexibility index (Phi) is 6.13. The number of nitrogens with one attached hydrogen (secondary N) is 1. The number of ether oxygens (including phenoxy) is 3. The van der Waals surface area contributed by atoms with Gasteiger partial charge in [0.1, 0.15) is 0 Å². The minimum Gasteiger partial charge on any atom is -0.493 e. The van der Waals surface area contributed by atoms with Crippen LogP contribution in [0.3, 0.4) is 0 Å². The second kappa shape index (κ2) is 7.86. The lowest BCUT2D eigenvalue weighted by atomic mass is 10.1. The zero-order chi connectivity index (χ0) is 14.4. The summed E-state index contributed by atoms with van der Waals surface area (Å²) in [4.78, 5) is 0. The Morgan fingerprint density at radius 2 is 1.85 bits per heavy atom. The topological polar surface area (TPSA) is 39.7 Å². The van der Waals surface area contributed by atoms with Crippen molar-refractivity contribution in [3.8, 4) is 11.5 Å². The molecule has 1 N–H and O–H groups in total. The van der Waals surface area contributed by atoms with Gasteiger partial charge < -0.3 is 19.5 Å². The van der Waals surface area contributed by atoms with Gasteiger partial charge >= 0.3 is 0 Å². The maximum absolute atomic E-state index is 5.65. The summed E-state index contributed by atoms with van der Waals surface area (Å²) in [6.45, 7) is 2.42. The van der Waals surface area contributed by atoms with Gasteiger partial charge in [-0.2, -0.15) is 0 Å². The van der Waals surface area contributed by atoms with Gasteiger partial charge in [-0.15, -0.1) is 0 Å². The Morgan fingerprint density at radius 1 is 1.15 bits per heavy atom. The summed E-state index contributed by atoms with van der Waals surface area (Å²) in [5, 5.41) is 3.43. The maximum Gasteiger partial charge on any atom is 0.161 e. The highest BCUT2D eigenvalue weighted by Gasteiger charge is 2.19. The van der Waals surface area contributed by atoms with Crippen LogP contribution in [0.5, 0.6) is 11.5 Å². The molecular weight excluding hydrogens is 322 g/mol. The molecule has 0 aliphatic heterocycles.